The summed E-state index contributed by atoms with van der Waals surface area (Å²) in [6, 6.07) is 13.6. The summed E-state index contributed by atoms with van der Waals surface area (Å²) in [5.74, 6) is 1.74. The molecule has 1 saturated heterocycles. The topological polar surface area (TPSA) is 78.4 Å². The SMILES string of the molecule is COc1cccc(-c2nc(-c3ccc4c(c3)ncn4CCN3CCOCC3)no2)c1. The summed E-state index contributed by atoms with van der Waals surface area (Å²) in [6.07, 6.45) is 1.90. The smallest absolute Gasteiger partial charge is 0.258 e. The summed E-state index contributed by atoms with van der Waals surface area (Å²) in [5.41, 5.74) is 3.71. The third-order valence-electron chi connectivity index (χ3n) is 5.38. The molecule has 0 bridgehead atoms. The molecule has 0 N–H and O–H groups in total. The van der Waals surface area contributed by atoms with Gasteiger partial charge in [0.1, 0.15) is 5.75 Å². The van der Waals surface area contributed by atoms with Gasteiger partial charge in [-0.1, -0.05) is 11.2 Å². The third-order valence-corrected chi connectivity index (χ3v) is 5.38. The first kappa shape index (κ1) is 18.8. The van der Waals surface area contributed by atoms with Gasteiger partial charge in [-0.05, 0) is 36.4 Å². The van der Waals surface area contributed by atoms with Crippen molar-refractivity contribution in [2.24, 2.45) is 0 Å². The minimum Gasteiger partial charge on any atom is -0.497 e. The summed E-state index contributed by atoms with van der Waals surface area (Å²) in [7, 11) is 1.63. The lowest BCUT2D eigenvalue weighted by Crippen LogP contribution is -2.38. The van der Waals surface area contributed by atoms with Gasteiger partial charge in [0.05, 0.1) is 37.7 Å². The molecule has 2 aromatic heterocycles. The highest BCUT2D eigenvalue weighted by atomic mass is 16.5. The molecule has 3 heterocycles. The van der Waals surface area contributed by atoms with E-state index in [1.54, 1.807) is 7.11 Å². The van der Waals surface area contributed by atoms with Gasteiger partial charge in [0, 0.05) is 37.3 Å². The molecule has 0 spiro atoms. The molecule has 8 nitrogen and oxygen atoms in total. The number of nitrogens with zero attached hydrogens (tertiary/aromatic N) is 5. The van der Waals surface area contributed by atoms with Crippen molar-refractivity contribution in [1.82, 2.24) is 24.6 Å². The molecule has 0 atom stereocenters. The molecule has 0 aliphatic carbocycles. The molecule has 5 rings (SSSR count). The van der Waals surface area contributed by atoms with E-state index in [0.29, 0.717) is 11.7 Å². The van der Waals surface area contributed by atoms with Crippen LogP contribution in [0.4, 0.5) is 0 Å². The van der Waals surface area contributed by atoms with Crippen LogP contribution in [0.5, 0.6) is 5.75 Å². The Hall–Kier alpha value is -3.23. The van der Waals surface area contributed by atoms with E-state index in [-0.39, 0.29) is 0 Å². The molecule has 0 radical (unpaired) electrons. The van der Waals surface area contributed by atoms with Gasteiger partial charge in [0.2, 0.25) is 5.82 Å². The molecule has 1 aliphatic heterocycles. The third kappa shape index (κ3) is 3.79. The second kappa shape index (κ2) is 8.25. The minimum atomic E-state index is 0.458. The average molecular weight is 405 g/mol. The Morgan fingerprint density at radius 2 is 1.93 bits per heavy atom. The van der Waals surface area contributed by atoms with Crippen LogP contribution in [0.2, 0.25) is 0 Å². The van der Waals surface area contributed by atoms with Gasteiger partial charge in [-0.15, -0.1) is 0 Å². The lowest BCUT2D eigenvalue weighted by molar-refractivity contribution is 0.0365. The zero-order valence-electron chi connectivity index (χ0n) is 16.8. The van der Waals surface area contributed by atoms with Gasteiger partial charge in [-0.2, -0.15) is 4.98 Å². The molecule has 1 fully saturated rings. The van der Waals surface area contributed by atoms with E-state index in [1.165, 1.54) is 0 Å². The van der Waals surface area contributed by atoms with Crippen molar-refractivity contribution in [2.45, 2.75) is 6.54 Å². The number of imidazole rings is 1. The first-order chi connectivity index (χ1) is 14.8. The Morgan fingerprint density at radius 1 is 1.03 bits per heavy atom. The number of methoxy groups -OCH3 is 1. The van der Waals surface area contributed by atoms with Crippen LogP contribution in [0.3, 0.4) is 0 Å². The number of fused-ring (bicyclic) bond motifs is 1. The van der Waals surface area contributed by atoms with Crippen LogP contribution in [-0.4, -0.2) is 64.5 Å². The zero-order valence-corrected chi connectivity index (χ0v) is 16.8. The van der Waals surface area contributed by atoms with Crippen LogP contribution in [0.15, 0.2) is 53.3 Å². The summed E-state index contributed by atoms with van der Waals surface area (Å²) >= 11 is 0. The summed E-state index contributed by atoms with van der Waals surface area (Å²) in [4.78, 5) is 11.5. The second-order valence-electron chi connectivity index (χ2n) is 7.25. The lowest BCUT2D eigenvalue weighted by Gasteiger charge is -2.26. The molecule has 154 valence electrons. The number of rotatable bonds is 6. The highest BCUT2D eigenvalue weighted by molar-refractivity contribution is 5.80. The molecular formula is C22H23N5O3. The largest absolute Gasteiger partial charge is 0.497 e. The van der Waals surface area contributed by atoms with Crippen molar-refractivity contribution < 1.29 is 14.0 Å². The molecule has 4 aromatic rings. The maximum absolute atomic E-state index is 5.47. The van der Waals surface area contributed by atoms with Crippen LogP contribution in [-0.2, 0) is 11.3 Å². The number of hydrogen-bond donors (Lipinski definition) is 0. The number of aromatic nitrogens is 4. The summed E-state index contributed by atoms with van der Waals surface area (Å²) in [5, 5.41) is 4.15. The second-order valence-corrected chi connectivity index (χ2v) is 7.25. The van der Waals surface area contributed by atoms with Crippen LogP contribution in [0.25, 0.3) is 33.9 Å². The first-order valence-electron chi connectivity index (χ1n) is 10.0. The van der Waals surface area contributed by atoms with Gasteiger partial charge in [0.25, 0.3) is 5.89 Å². The maximum atomic E-state index is 5.47. The molecule has 1 aliphatic rings. The van der Waals surface area contributed by atoms with Crippen LogP contribution in [0.1, 0.15) is 0 Å². The highest BCUT2D eigenvalue weighted by Crippen LogP contribution is 2.26. The van der Waals surface area contributed by atoms with Gasteiger partial charge < -0.3 is 18.6 Å². The Morgan fingerprint density at radius 3 is 2.80 bits per heavy atom. The van der Waals surface area contributed by atoms with E-state index in [1.807, 2.05) is 42.7 Å². The van der Waals surface area contributed by atoms with Crippen molar-refractivity contribution in [3.05, 3.63) is 48.8 Å². The van der Waals surface area contributed by atoms with Gasteiger partial charge in [-0.25, -0.2) is 4.98 Å². The van der Waals surface area contributed by atoms with Crippen molar-refractivity contribution in [3.8, 4) is 28.6 Å². The molecular weight excluding hydrogens is 382 g/mol. The minimum absolute atomic E-state index is 0.458. The molecule has 0 amide bonds. The predicted molar refractivity (Wildman–Crippen MR) is 112 cm³/mol. The Balaban J connectivity index is 1.35. The maximum Gasteiger partial charge on any atom is 0.258 e. The number of hydrogen-bond acceptors (Lipinski definition) is 7. The summed E-state index contributed by atoms with van der Waals surface area (Å²) in [6.45, 7) is 5.50. The number of morpholine rings is 1. The van der Waals surface area contributed by atoms with Gasteiger partial charge in [-0.3, -0.25) is 4.90 Å². The molecule has 0 saturated carbocycles. The Labute approximate surface area is 174 Å². The van der Waals surface area contributed by atoms with Crippen molar-refractivity contribution >= 4 is 11.0 Å². The van der Waals surface area contributed by atoms with Crippen LogP contribution < -0.4 is 4.74 Å². The van der Waals surface area contributed by atoms with Crippen LogP contribution >= 0.6 is 0 Å². The molecule has 30 heavy (non-hydrogen) atoms. The predicted octanol–water partition coefficient (Wildman–Crippen LogP) is 3.09. The quantitative estimate of drug-likeness (QED) is 0.488. The average Bonchev–Trinajstić information content (AvgIpc) is 3.45. The highest BCUT2D eigenvalue weighted by Gasteiger charge is 2.14. The van der Waals surface area contributed by atoms with Crippen LogP contribution in [0, 0.1) is 0 Å². The Kier molecular flexibility index (Phi) is 5.17. The molecule has 8 heteroatoms. The normalized spacial score (nSPS) is 15.0. The van der Waals surface area contributed by atoms with Crippen molar-refractivity contribution in [2.75, 3.05) is 40.0 Å². The van der Waals surface area contributed by atoms with E-state index >= 15 is 0 Å². The van der Waals surface area contributed by atoms with E-state index < -0.39 is 0 Å². The van der Waals surface area contributed by atoms with Gasteiger partial charge in [0.15, 0.2) is 0 Å². The van der Waals surface area contributed by atoms with E-state index in [2.05, 4.69) is 30.7 Å². The standard InChI is InChI=1S/C22H23N5O3/c1-28-18-4-2-3-17(13-18)22-24-21(25-30-22)16-5-6-20-19(14-16)23-15-27(20)8-7-26-9-11-29-12-10-26/h2-6,13-15H,7-12H2,1H3. The van der Waals surface area contributed by atoms with Crippen molar-refractivity contribution in [1.29, 1.82) is 0 Å². The Bertz CT molecular complexity index is 1150. The number of ether oxygens (including phenoxy) is 2. The van der Waals surface area contributed by atoms with E-state index in [9.17, 15) is 0 Å². The molecule has 0 unspecified atom stereocenters. The fraction of sp³-hybridized carbons (Fsp3) is 0.318. The fourth-order valence-electron chi connectivity index (χ4n) is 3.67. The van der Waals surface area contributed by atoms with E-state index in [4.69, 9.17) is 14.0 Å². The monoisotopic (exact) mass is 405 g/mol. The number of benzene rings is 2. The summed E-state index contributed by atoms with van der Waals surface area (Å²) < 4.78 is 18.3. The molecule has 2 aromatic carbocycles. The zero-order chi connectivity index (χ0) is 20.3. The lowest BCUT2D eigenvalue weighted by atomic mass is 10.2. The van der Waals surface area contributed by atoms with E-state index in [0.717, 1.165) is 67.3 Å². The fourth-order valence-corrected chi connectivity index (χ4v) is 3.67. The first-order valence-corrected chi connectivity index (χ1v) is 10.0. The van der Waals surface area contributed by atoms with Crippen molar-refractivity contribution in [3.63, 3.8) is 0 Å². The van der Waals surface area contributed by atoms with Gasteiger partial charge >= 0.3 is 0 Å².